The van der Waals surface area contributed by atoms with Gasteiger partial charge in [0.25, 0.3) is 5.91 Å². The largest absolute Gasteiger partial charge is 0.478 e. The normalized spacial score (nSPS) is 12.4. The number of nitrogens with zero attached hydrogens (tertiary/aromatic N) is 2. The molecule has 2 N–H and O–H groups in total. The fourth-order valence-electron chi connectivity index (χ4n) is 3.46. The highest BCUT2D eigenvalue weighted by atomic mass is 16.4. The first-order valence-electron chi connectivity index (χ1n) is 8.39. The van der Waals surface area contributed by atoms with Gasteiger partial charge in [0.15, 0.2) is 0 Å². The number of imidazole rings is 1. The van der Waals surface area contributed by atoms with Crippen molar-refractivity contribution in [3.05, 3.63) is 77.9 Å². The number of anilines is 1. The molecule has 0 bridgehead atoms. The molecule has 27 heavy (non-hydrogen) atoms. The van der Waals surface area contributed by atoms with Gasteiger partial charge in [0.2, 0.25) is 0 Å². The van der Waals surface area contributed by atoms with Crippen molar-refractivity contribution in [2.75, 3.05) is 5.32 Å². The molecule has 1 aliphatic rings. The van der Waals surface area contributed by atoms with E-state index in [1.165, 1.54) is 0 Å². The van der Waals surface area contributed by atoms with Crippen LogP contribution >= 0.6 is 0 Å². The smallest absolute Gasteiger partial charge is 0.335 e. The highest BCUT2D eigenvalue weighted by Gasteiger charge is 2.25. The number of nitrogens with one attached hydrogen (secondary N) is 1. The molecule has 0 aliphatic carbocycles. The Balaban J connectivity index is 1.86. The molecule has 0 fully saturated rings. The molecule has 6 heteroatoms. The molecule has 0 atom stereocenters. The van der Waals surface area contributed by atoms with Crippen LogP contribution in [0.4, 0.5) is 5.69 Å². The summed E-state index contributed by atoms with van der Waals surface area (Å²) in [6, 6.07) is 19.6. The molecule has 5 rings (SSSR count). The minimum absolute atomic E-state index is 0.181. The van der Waals surface area contributed by atoms with Crippen molar-refractivity contribution >= 4 is 28.6 Å². The summed E-state index contributed by atoms with van der Waals surface area (Å²) < 4.78 is 1.95. The van der Waals surface area contributed by atoms with E-state index in [4.69, 9.17) is 10.1 Å². The van der Waals surface area contributed by atoms with E-state index in [0.29, 0.717) is 22.6 Å². The highest BCUT2D eigenvalue weighted by molar-refractivity contribution is 6.14. The molecule has 6 nitrogen and oxygen atoms in total. The first-order valence-corrected chi connectivity index (χ1v) is 8.39. The maximum Gasteiger partial charge on any atom is 0.335 e. The molecule has 3 aromatic carbocycles. The van der Waals surface area contributed by atoms with E-state index in [9.17, 15) is 9.59 Å². The minimum Gasteiger partial charge on any atom is -0.478 e. The quantitative estimate of drug-likeness (QED) is 0.570. The monoisotopic (exact) mass is 355 g/mol. The van der Waals surface area contributed by atoms with Gasteiger partial charge in [-0.25, -0.2) is 9.78 Å². The van der Waals surface area contributed by atoms with Crippen molar-refractivity contribution < 1.29 is 14.7 Å². The zero-order valence-electron chi connectivity index (χ0n) is 14.0. The van der Waals surface area contributed by atoms with E-state index < -0.39 is 5.97 Å². The van der Waals surface area contributed by atoms with Crippen LogP contribution in [0.2, 0.25) is 0 Å². The lowest BCUT2D eigenvalue weighted by atomic mass is 10.1. The molecule has 0 saturated carbocycles. The van der Waals surface area contributed by atoms with Gasteiger partial charge in [0, 0.05) is 5.56 Å². The van der Waals surface area contributed by atoms with Crippen LogP contribution in [0.5, 0.6) is 0 Å². The molecule has 0 unspecified atom stereocenters. The molecule has 130 valence electrons. The molecule has 0 spiro atoms. The maximum atomic E-state index is 12.7. The van der Waals surface area contributed by atoms with Gasteiger partial charge in [-0.3, -0.25) is 9.36 Å². The Morgan fingerprint density at radius 3 is 2.52 bits per heavy atom. The van der Waals surface area contributed by atoms with Crippen molar-refractivity contribution in [3.63, 3.8) is 0 Å². The van der Waals surface area contributed by atoms with Crippen LogP contribution in [0, 0.1) is 0 Å². The summed E-state index contributed by atoms with van der Waals surface area (Å²) >= 11 is 0. The van der Waals surface area contributed by atoms with Crippen LogP contribution < -0.4 is 5.32 Å². The van der Waals surface area contributed by atoms with Gasteiger partial charge in [0.1, 0.15) is 5.82 Å². The van der Waals surface area contributed by atoms with Crippen LogP contribution in [-0.4, -0.2) is 26.5 Å². The fourth-order valence-corrected chi connectivity index (χ4v) is 3.46. The first kappa shape index (κ1) is 15.3. The van der Waals surface area contributed by atoms with Gasteiger partial charge in [-0.2, -0.15) is 0 Å². The van der Waals surface area contributed by atoms with Crippen molar-refractivity contribution in [3.8, 4) is 17.1 Å². The summed E-state index contributed by atoms with van der Waals surface area (Å²) in [5.41, 5.74) is 4.48. The van der Waals surface area contributed by atoms with Gasteiger partial charge < -0.3 is 10.4 Å². The van der Waals surface area contributed by atoms with E-state index in [1.54, 1.807) is 30.3 Å². The predicted octanol–water partition coefficient (Wildman–Crippen LogP) is 3.96. The number of hydrogen-bond donors (Lipinski definition) is 2. The third-order valence-corrected chi connectivity index (χ3v) is 4.70. The van der Waals surface area contributed by atoms with Crippen LogP contribution in [0.3, 0.4) is 0 Å². The number of hydrogen-bond acceptors (Lipinski definition) is 3. The predicted molar refractivity (Wildman–Crippen MR) is 101 cm³/mol. The Bertz CT molecular complexity index is 1240. The standard InChI is InChI=1S/C21H13N3O3/c25-20-14-4-3-6-16-18(14)24(17-7-2-1-5-15(17)23-20)19(22-16)12-8-10-13(11-9-12)21(26)27/h1-11H,(H,23,25)(H,26,27). The maximum absolute atomic E-state index is 12.7. The fraction of sp³-hybridized carbons (Fsp3) is 0. The number of carbonyl (C=O) groups is 2. The Kier molecular flexibility index (Phi) is 3.14. The second kappa shape index (κ2) is 5.54. The Morgan fingerprint density at radius 1 is 0.963 bits per heavy atom. The molecule has 4 aromatic rings. The van der Waals surface area contributed by atoms with Crippen LogP contribution in [0.1, 0.15) is 20.7 Å². The summed E-state index contributed by atoms with van der Waals surface area (Å²) in [5, 5.41) is 12.1. The van der Waals surface area contributed by atoms with Gasteiger partial charge in [-0.1, -0.05) is 30.3 Å². The van der Waals surface area contributed by atoms with E-state index in [-0.39, 0.29) is 11.5 Å². The second-order valence-electron chi connectivity index (χ2n) is 6.30. The zero-order valence-corrected chi connectivity index (χ0v) is 14.0. The number of amides is 1. The highest BCUT2D eigenvalue weighted by Crippen LogP contribution is 2.36. The molecule has 2 heterocycles. The van der Waals surface area contributed by atoms with Gasteiger partial charge in [0.05, 0.1) is 33.5 Å². The number of carbonyl (C=O) groups excluding carboxylic acids is 1. The van der Waals surface area contributed by atoms with Crippen molar-refractivity contribution in [2.45, 2.75) is 0 Å². The summed E-state index contributed by atoms with van der Waals surface area (Å²) in [6.07, 6.45) is 0. The SMILES string of the molecule is O=C(O)c1ccc(-c2nc3cccc4c3n2-c2ccccc2NC4=O)cc1. The average molecular weight is 355 g/mol. The molecule has 0 radical (unpaired) electrons. The molecule has 1 amide bonds. The van der Waals surface area contributed by atoms with Crippen LogP contribution in [0.25, 0.3) is 28.1 Å². The van der Waals surface area contributed by atoms with Crippen LogP contribution in [-0.2, 0) is 0 Å². The van der Waals surface area contributed by atoms with E-state index in [0.717, 1.165) is 16.8 Å². The van der Waals surface area contributed by atoms with Gasteiger partial charge in [-0.15, -0.1) is 0 Å². The molecular weight excluding hydrogens is 342 g/mol. The zero-order chi connectivity index (χ0) is 18.5. The van der Waals surface area contributed by atoms with Gasteiger partial charge >= 0.3 is 5.97 Å². The third-order valence-electron chi connectivity index (χ3n) is 4.70. The number of aromatic nitrogens is 2. The molecule has 1 aliphatic heterocycles. The topological polar surface area (TPSA) is 84.2 Å². The average Bonchev–Trinajstić information content (AvgIpc) is 3.02. The number of carboxylic acid groups (broad SMARTS) is 1. The Hall–Kier alpha value is -3.93. The number of benzene rings is 3. The number of para-hydroxylation sites is 3. The third kappa shape index (κ3) is 2.23. The van der Waals surface area contributed by atoms with E-state index in [2.05, 4.69) is 5.32 Å². The second-order valence-corrected chi connectivity index (χ2v) is 6.30. The summed E-state index contributed by atoms with van der Waals surface area (Å²) in [6.45, 7) is 0. The summed E-state index contributed by atoms with van der Waals surface area (Å²) in [5.74, 6) is -0.506. The van der Waals surface area contributed by atoms with E-state index >= 15 is 0 Å². The van der Waals surface area contributed by atoms with Crippen molar-refractivity contribution in [1.29, 1.82) is 0 Å². The number of carboxylic acids is 1. The Labute approximate surface area is 153 Å². The number of rotatable bonds is 2. The Morgan fingerprint density at radius 2 is 1.74 bits per heavy atom. The van der Waals surface area contributed by atoms with Crippen molar-refractivity contribution in [1.82, 2.24) is 9.55 Å². The minimum atomic E-state index is -0.976. The first-order chi connectivity index (χ1) is 13.1. The van der Waals surface area contributed by atoms with Gasteiger partial charge in [-0.05, 0) is 36.4 Å². The lowest BCUT2D eigenvalue weighted by Gasteiger charge is -2.12. The number of fused-ring (bicyclic) bond motifs is 2. The summed E-state index contributed by atoms with van der Waals surface area (Å²) in [7, 11) is 0. The van der Waals surface area contributed by atoms with E-state index in [1.807, 2.05) is 41.0 Å². The number of aromatic carboxylic acids is 1. The van der Waals surface area contributed by atoms with Crippen molar-refractivity contribution in [2.24, 2.45) is 0 Å². The molecule has 1 aromatic heterocycles. The lowest BCUT2D eigenvalue weighted by molar-refractivity contribution is 0.0696. The summed E-state index contributed by atoms with van der Waals surface area (Å²) in [4.78, 5) is 28.6. The van der Waals surface area contributed by atoms with Crippen LogP contribution in [0.15, 0.2) is 66.7 Å². The molecular formula is C21H13N3O3. The molecule has 0 saturated heterocycles. The lowest BCUT2D eigenvalue weighted by Crippen LogP contribution is -2.10.